The molecule has 0 aromatic heterocycles. The standard InChI is InChI=1S/C11H14ClNO2/c1-3-9(11(14)13-2)15-10-7-5-4-6-8(10)12/h4-7,9H,3H2,1-2H3,(H,13,14). The van der Waals surface area contributed by atoms with Crippen LogP contribution in [0.15, 0.2) is 24.3 Å². The van der Waals surface area contributed by atoms with Crippen molar-refractivity contribution in [3.8, 4) is 5.75 Å². The number of rotatable bonds is 4. The third kappa shape index (κ3) is 3.13. The van der Waals surface area contributed by atoms with Gasteiger partial charge in [0.1, 0.15) is 5.75 Å². The fourth-order valence-electron chi connectivity index (χ4n) is 1.18. The van der Waals surface area contributed by atoms with Gasteiger partial charge in [-0.2, -0.15) is 0 Å². The van der Waals surface area contributed by atoms with Crippen molar-refractivity contribution in [3.63, 3.8) is 0 Å². The number of ether oxygens (including phenoxy) is 1. The van der Waals surface area contributed by atoms with Gasteiger partial charge in [0, 0.05) is 7.05 Å². The predicted octanol–water partition coefficient (Wildman–Crippen LogP) is 2.24. The minimum atomic E-state index is -0.491. The molecule has 0 fully saturated rings. The van der Waals surface area contributed by atoms with Gasteiger partial charge >= 0.3 is 0 Å². The largest absolute Gasteiger partial charge is 0.479 e. The van der Waals surface area contributed by atoms with E-state index in [9.17, 15) is 4.79 Å². The van der Waals surface area contributed by atoms with Crippen LogP contribution in [0.5, 0.6) is 5.75 Å². The highest BCUT2D eigenvalue weighted by atomic mass is 35.5. The van der Waals surface area contributed by atoms with Crippen molar-refractivity contribution in [1.82, 2.24) is 5.32 Å². The highest BCUT2D eigenvalue weighted by Gasteiger charge is 2.17. The summed E-state index contributed by atoms with van der Waals surface area (Å²) in [6.45, 7) is 1.89. The summed E-state index contributed by atoms with van der Waals surface area (Å²) in [6.07, 6.45) is 0.111. The molecule has 1 aromatic carbocycles. The van der Waals surface area contributed by atoms with Crippen molar-refractivity contribution in [3.05, 3.63) is 29.3 Å². The van der Waals surface area contributed by atoms with Crippen LogP contribution in [0.2, 0.25) is 5.02 Å². The SMILES string of the molecule is CCC(Oc1ccccc1Cl)C(=O)NC. The van der Waals surface area contributed by atoms with Gasteiger partial charge in [0.2, 0.25) is 0 Å². The number of carbonyl (C=O) groups excluding carboxylic acids is 1. The van der Waals surface area contributed by atoms with Gasteiger partial charge in [-0.25, -0.2) is 0 Å². The average Bonchev–Trinajstić information content (AvgIpc) is 2.27. The van der Waals surface area contributed by atoms with Gasteiger partial charge in [-0.05, 0) is 18.6 Å². The van der Waals surface area contributed by atoms with Crippen LogP contribution in [-0.4, -0.2) is 19.1 Å². The van der Waals surface area contributed by atoms with E-state index in [-0.39, 0.29) is 5.91 Å². The van der Waals surface area contributed by atoms with Gasteiger partial charge < -0.3 is 10.1 Å². The molecule has 82 valence electrons. The number of hydrogen-bond acceptors (Lipinski definition) is 2. The van der Waals surface area contributed by atoms with E-state index in [1.807, 2.05) is 19.1 Å². The summed E-state index contributed by atoms with van der Waals surface area (Å²) < 4.78 is 5.50. The lowest BCUT2D eigenvalue weighted by atomic mass is 10.2. The van der Waals surface area contributed by atoms with Crippen molar-refractivity contribution >= 4 is 17.5 Å². The van der Waals surface area contributed by atoms with Gasteiger partial charge in [0.15, 0.2) is 6.10 Å². The molecular weight excluding hydrogens is 214 g/mol. The first kappa shape index (κ1) is 11.9. The molecule has 4 heteroatoms. The second kappa shape index (κ2) is 5.61. The van der Waals surface area contributed by atoms with Crippen molar-refractivity contribution in [1.29, 1.82) is 0 Å². The van der Waals surface area contributed by atoms with E-state index in [0.29, 0.717) is 17.2 Å². The molecule has 0 bridgehead atoms. The third-order valence-electron chi connectivity index (χ3n) is 2.02. The Morgan fingerprint density at radius 2 is 2.20 bits per heavy atom. The second-order valence-corrected chi connectivity index (χ2v) is 3.47. The van der Waals surface area contributed by atoms with Crippen LogP contribution >= 0.6 is 11.6 Å². The summed E-state index contributed by atoms with van der Waals surface area (Å²) in [6, 6.07) is 7.11. The summed E-state index contributed by atoms with van der Waals surface area (Å²) >= 11 is 5.92. The van der Waals surface area contributed by atoms with Crippen LogP contribution < -0.4 is 10.1 Å². The normalized spacial score (nSPS) is 11.9. The maximum absolute atomic E-state index is 11.4. The van der Waals surface area contributed by atoms with Crippen molar-refractivity contribution in [2.24, 2.45) is 0 Å². The Bertz CT molecular complexity index is 341. The van der Waals surface area contributed by atoms with Crippen LogP contribution in [0.4, 0.5) is 0 Å². The van der Waals surface area contributed by atoms with E-state index < -0.39 is 6.10 Å². The summed E-state index contributed by atoms with van der Waals surface area (Å²) in [5, 5.41) is 3.06. The van der Waals surface area contributed by atoms with Gasteiger partial charge in [0.25, 0.3) is 5.91 Å². The molecule has 0 radical (unpaired) electrons. The van der Waals surface area contributed by atoms with Gasteiger partial charge in [0.05, 0.1) is 5.02 Å². The molecule has 1 rings (SSSR count). The summed E-state index contributed by atoms with van der Waals surface area (Å²) in [5.74, 6) is 0.395. The first-order valence-corrected chi connectivity index (χ1v) is 5.19. The monoisotopic (exact) mass is 227 g/mol. The molecule has 0 heterocycles. The van der Waals surface area contributed by atoms with Crippen LogP contribution in [0.25, 0.3) is 0 Å². The van der Waals surface area contributed by atoms with Gasteiger partial charge in [-0.15, -0.1) is 0 Å². The highest BCUT2D eigenvalue weighted by molar-refractivity contribution is 6.32. The maximum Gasteiger partial charge on any atom is 0.260 e. The maximum atomic E-state index is 11.4. The number of likely N-dealkylation sites (N-methyl/N-ethyl adjacent to an activating group) is 1. The molecule has 1 N–H and O–H groups in total. The number of nitrogens with one attached hydrogen (secondary N) is 1. The quantitative estimate of drug-likeness (QED) is 0.857. The summed E-state index contributed by atoms with van der Waals surface area (Å²) in [7, 11) is 1.58. The van der Waals surface area contributed by atoms with E-state index in [4.69, 9.17) is 16.3 Å². The Morgan fingerprint density at radius 1 is 1.53 bits per heavy atom. The van der Waals surface area contributed by atoms with Crippen molar-refractivity contribution < 1.29 is 9.53 Å². The highest BCUT2D eigenvalue weighted by Crippen LogP contribution is 2.24. The lowest BCUT2D eigenvalue weighted by molar-refractivity contribution is -0.127. The zero-order valence-corrected chi connectivity index (χ0v) is 9.54. The molecule has 0 spiro atoms. The Hall–Kier alpha value is -1.22. The number of para-hydroxylation sites is 1. The van der Waals surface area contributed by atoms with Crippen LogP contribution in [0, 0.1) is 0 Å². The molecule has 15 heavy (non-hydrogen) atoms. The van der Waals surface area contributed by atoms with Crippen molar-refractivity contribution in [2.45, 2.75) is 19.4 Å². The Morgan fingerprint density at radius 3 is 2.73 bits per heavy atom. The Kier molecular flexibility index (Phi) is 4.43. The van der Waals surface area contributed by atoms with Crippen LogP contribution in [0.1, 0.15) is 13.3 Å². The molecule has 1 amide bonds. The zero-order valence-electron chi connectivity index (χ0n) is 8.79. The molecule has 1 atom stereocenters. The minimum Gasteiger partial charge on any atom is -0.479 e. The summed E-state index contributed by atoms with van der Waals surface area (Å²) in [4.78, 5) is 11.4. The van der Waals surface area contributed by atoms with Crippen LogP contribution in [0.3, 0.4) is 0 Å². The van der Waals surface area contributed by atoms with E-state index >= 15 is 0 Å². The number of carbonyl (C=O) groups is 1. The number of amides is 1. The third-order valence-corrected chi connectivity index (χ3v) is 2.33. The molecule has 0 aliphatic rings. The molecule has 3 nitrogen and oxygen atoms in total. The smallest absolute Gasteiger partial charge is 0.260 e. The van der Waals surface area contributed by atoms with Gasteiger partial charge in [-0.1, -0.05) is 30.7 Å². The van der Waals surface area contributed by atoms with E-state index in [1.54, 1.807) is 19.2 Å². The average molecular weight is 228 g/mol. The molecule has 1 aromatic rings. The minimum absolute atomic E-state index is 0.141. The van der Waals surface area contributed by atoms with E-state index in [0.717, 1.165) is 0 Å². The molecule has 0 aliphatic heterocycles. The second-order valence-electron chi connectivity index (χ2n) is 3.06. The Labute approximate surface area is 94.4 Å². The fraction of sp³-hybridized carbons (Fsp3) is 0.364. The predicted molar refractivity (Wildman–Crippen MR) is 60.2 cm³/mol. The van der Waals surface area contributed by atoms with E-state index in [2.05, 4.69) is 5.32 Å². The number of halogens is 1. The number of hydrogen-bond donors (Lipinski definition) is 1. The molecule has 1 unspecified atom stereocenters. The first-order valence-electron chi connectivity index (χ1n) is 4.81. The lowest BCUT2D eigenvalue weighted by Gasteiger charge is -2.16. The van der Waals surface area contributed by atoms with Crippen LogP contribution in [-0.2, 0) is 4.79 Å². The lowest BCUT2D eigenvalue weighted by Crippen LogP contribution is -2.35. The fourth-order valence-corrected chi connectivity index (χ4v) is 1.36. The molecule has 0 saturated carbocycles. The Balaban J connectivity index is 2.75. The molecule has 0 saturated heterocycles. The van der Waals surface area contributed by atoms with Crippen molar-refractivity contribution in [2.75, 3.05) is 7.05 Å². The molecular formula is C11H14ClNO2. The number of benzene rings is 1. The van der Waals surface area contributed by atoms with Gasteiger partial charge in [-0.3, -0.25) is 4.79 Å². The zero-order chi connectivity index (χ0) is 11.3. The topological polar surface area (TPSA) is 38.3 Å². The first-order chi connectivity index (χ1) is 7.19. The van der Waals surface area contributed by atoms with E-state index in [1.165, 1.54) is 0 Å². The summed E-state index contributed by atoms with van der Waals surface area (Å²) in [5.41, 5.74) is 0. The molecule has 0 aliphatic carbocycles.